The number of hydrogen-bond donors (Lipinski definition) is 3. The summed E-state index contributed by atoms with van der Waals surface area (Å²) in [5.74, 6) is 0.668. The lowest BCUT2D eigenvalue weighted by molar-refractivity contribution is 0.286. The highest BCUT2D eigenvalue weighted by molar-refractivity contribution is 6.28. The van der Waals surface area contributed by atoms with Crippen LogP contribution in [0.1, 0.15) is 12.8 Å². The molecule has 0 spiro atoms. The van der Waals surface area contributed by atoms with E-state index in [4.69, 9.17) is 16.7 Å². The van der Waals surface area contributed by atoms with Gasteiger partial charge in [-0.25, -0.2) is 0 Å². The van der Waals surface area contributed by atoms with Crippen molar-refractivity contribution in [1.82, 2.24) is 20.2 Å². The van der Waals surface area contributed by atoms with E-state index in [0.29, 0.717) is 11.5 Å². The number of H-pyrrole nitrogens is 1. The third-order valence-corrected chi connectivity index (χ3v) is 2.33. The molecule has 0 aliphatic carbocycles. The lowest BCUT2D eigenvalue weighted by atomic mass is 10.3. The van der Waals surface area contributed by atoms with E-state index in [2.05, 4.69) is 25.5 Å². The van der Waals surface area contributed by atoms with E-state index in [1.165, 1.54) is 0 Å². The second-order valence-electron chi connectivity index (χ2n) is 3.33. The summed E-state index contributed by atoms with van der Waals surface area (Å²) in [6, 6.07) is 0. The molecule has 0 bridgehead atoms. The van der Waals surface area contributed by atoms with Crippen molar-refractivity contribution < 1.29 is 5.11 Å². The largest absolute Gasteiger partial charge is 0.396 e. The maximum absolute atomic E-state index is 8.66. The quantitative estimate of drug-likeness (QED) is 0.541. The Morgan fingerprint density at radius 2 is 2.25 bits per heavy atom. The van der Waals surface area contributed by atoms with Crippen molar-refractivity contribution in [2.75, 3.05) is 18.5 Å². The monoisotopic (exact) mass is 241 g/mol. The number of aromatic amines is 1. The number of aromatic nitrogens is 4. The van der Waals surface area contributed by atoms with Crippen LogP contribution >= 0.6 is 11.6 Å². The summed E-state index contributed by atoms with van der Waals surface area (Å²) in [4.78, 5) is 8.09. The third kappa shape index (κ3) is 2.40. The second kappa shape index (κ2) is 5.09. The summed E-state index contributed by atoms with van der Waals surface area (Å²) in [6.45, 7) is 0.932. The van der Waals surface area contributed by atoms with E-state index >= 15 is 0 Å². The highest BCUT2D eigenvalue weighted by atomic mass is 35.5. The highest BCUT2D eigenvalue weighted by Gasteiger charge is 2.07. The van der Waals surface area contributed by atoms with Gasteiger partial charge in [-0.05, 0) is 24.4 Å². The van der Waals surface area contributed by atoms with E-state index in [1.807, 2.05) is 0 Å². The third-order valence-electron chi connectivity index (χ3n) is 2.16. The van der Waals surface area contributed by atoms with Crippen molar-refractivity contribution in [3.05, 3.63) is 11.5 Å². The zero-order chi connectivity index (χ0) is 11.4. The van der Waals surface area contributed by atoms with Crippen molar-refractivity contribution in [3.8, 4) is 0 Å². The number of unbranched alkanes of at least 4 members (excludes halogenated alkanes) is 1. The molecule has 0 radical (unpaired) electrons. The first-order valence-electron chi connectivity index (χ1n) is 5.02. The molecule has 2 aromatic heterocycles. The van der Waals surface area contributed by atoms with Gasteiger partial charge in [0.2, 0.25) is 5.28 Å². The van der Waals surface area contributed by atoms with Crippen LogP contribution in [0.2, 0.25) is 5.28 Å². The standard InChI is InChI=1S/C9H12ClN5O/c10-9-13-7(11-3-1-2-4-16)6-5-12-15-8(6)14-9/h5,16H,1-4H2,(H2,11,12,13,14,15). The molecule has 2 aromatic rings. The van der Waals surface area contributed by atoms with Crippen molar-refractivity contribution in [2.45, 2.75) is 12.8 Å². The summed E-state index contributed by atoms with van der Waals surface area (Å²) in [5, 5.41) is 19.4. The molecule has 0 atom stereocenters. The predicted octanol–water partition coefficient (Wildman–Crippen LogP) is 1.19. The van der Waals surface area contributed by atoms with Crippen LogP contribution in [0.4, 0.5) is 5.82 Å². The van der Waals surface area contributed by atoms with Crippen molar-refractivity contribution >= 4 is 28.5 Å². The Morgan fingerprint density at radius 3 is 3.06 bits per heavy atom. The maximum Gasteiger partial charge on any atom is 0.226 e. The van der Waals surface area contributed by atoms with Crippen LogP contribution in [0.5, 0.6) is 0 Å². The smallest absolute Gasteiger partial charge is 0.226 e. The fourth-order valence-corrected chi connectivity index (χ4v) is 1.55. The molecule has 2 rings (SSSR count). The summed E-state index contributed by atoms with van der Waals surface area (Å²) >= 11 is 5.77. The van der Waals surface area contributed by atoms with Crippen LogP contribution in [0, 0.1) is 0 Å². The first-order valence-corrected chi connectivity index (χ1v) is 5.40. The maximum atomic E-state index is 8.66. The number of anilines is 1. The predicted molar refractivity (Wildman–Crippen MR) is 61.5 cm³/mol. The van der Waals surface area contributed by atoms with Gasteiger partial charge in [-0.1, -0.05) is 0 Å². The fraction of sp³-hybridized carbons (Fsp3) is 0.444. The summed E-state index contributed by atoms with van der Waals surface area (Å²) in [5.41, 5.74) is 0.615. The average molecular weight is 242 g/mol. The number of halogens is 1. The van der Waals surface area contributed by atoms with Gasteiger partial charge in [-0.15, -0.1) is 0 Å². The van der Waals surface area contributed by atoms with Gasteiger partial charge in [0.1, 0.15) is 5.82 Å². The highest BCUT2D eigenvalue weighted by Crippen LogP contribution is 2.19. The van der Waals surface area contributed by atoms with Crippen molar-refractivity contribution in [1.29, 1.82) is 0 Å². The molecule has 0 aliphatic heterocycles. The molecule has 0 saturated heterocycles. The minimum absolute atomic E-state index is 0.182. The molecule has 86 valence electrons. The van der Waals surface area contributed by atoms with Gasteiger partial charge in [0.15, 0.2) is 5.65 Å². The van der Waals surface area contributed by atoms with Crippen molar-refractivity contribution in [3.63, 3.8) is 0 Å². The lowest BCUT2D eigenvalue weighted by Crippen LogP contribution is -2.05. The Morgan fingerprint density at radius 1 is 1.38 bits per heavy atom. The first kappa shape index (κ1) is 11.1. The fourth-order valence-electron chi connectivity index (χ4n) is 1.39. The Bertz CT molecular complexity index is 472. The molecule has 2 heterocycles. The molecule has 3 N–H and O–H groups in total. The molecular weight excluding hydrogens is 230 g/mol. The molecule has 0 unspecified atom stereocenters. The summed E-state index contributed by atoms with van der Waals surface area (Å²) in [6.07, 6.45) is 3.29. The molecule has 0 aliphatic rings. The average Bonchev–Trinajstić information content (AvgIpc) is 2.72. The van der Waals surface area contributed by atoms with Crippen LogP contribution < -0.4 is 5.32 Å². The van der Waals surface area contributed by atoms with Crippen LogP contribution in [0.3, 0.4) is 0 Å². The van der Waals surface area contributed by atoms with Gasteiger partial charge in [0.05, 0.1) is 11.6 Å². The van der Waals surface area contributed by atoms with E-state index in [0.717, 1.165) is 24.8 Å². The minimum atomic E-state index is 0.182. The molecule has 7 heteroatoms. The SMILES string of the molecule is OCCCCNc1nc(Cl)nc2[nH]ncc12. The topological polar surface area (TPSA) is 86.7 Å². The molecule has 0 fully saturated rings. The Hall–Kier alpha value is -1.40. The van der Waals surface area contributed by atoms with Crippen LogP contribution in [0.15, 0.2) is 6.20 Å². The molecule has 6 nitrogen and oxygen atoms in total. The summed E-state index contributed by atoms with van der Waals surface area (Å²) < 4.78 is 0. The number of rotatable bonds is 5. The Labute approximate surface area is 97.1 Å². The van der Waals surface area contributed by atoms with E-state index < -0.39 is 0 Å². The number of aliphatic hydroxyl groups excluding tert-OH is 1. The van der Waals surface area contributed by atoms with Gasteiger partial charge in [0.25, 0.3) is 0 Å². The number of nitrogens with zero attached hydrogens (tertiary/aromatic N) is 3. The summed E-state index contributed by atoms with van der Waals surface area (Å²) in [7, 11) is 0. The molecule has 0 saturated carbocycles. The molecule has 0 aromatic carbocycles. The van der Waals surface area contributed by atoms with Crippen molar-refractivity contribution in [2.24, 2.45) is 0 Å². The number of hydrogen-bond acceptors (Lipinski definition) is 5. The lowest BCUT2D eigenvalue weighted by Gasteiger charge is -2.05. The minimum Gasteiger partial charge on any atom is -0.396 e. The number of fused-ring (bicyclic) bond motifs is 1. The van der Waals surface area contributed by atoms with Gasteiger partial charge in [0, 0.05) is 13.2 Å². The van der Waals surface area contributed by atoms with E-state index in [-0.39, 0.29) is 11.9 Å². The van der Waals surface area contributed by atoms with Gasteiger partial charge < -0.3 is 10.4 Å². The number of aliphatic hydroxyl groups is 1. The molecule has 0 amide bonds. The zero-order valence-corrected chi connectivity index (χ0v) is 9.33. The van der Waals surface area contributed by atoms with Gasteiger partial charge >= 0.3 is 0 Å². The molecular formula is C9H12ClN5O. The van der Waals surface area contributed by atoms with Gasteiger partial charge in [-0.3, -0.25) is 5.10 Å². The Balaban J connectivity index is 2.12. The van der Waals surface area contributed by atoms with E-state index in [9.17, 15) is 0 Å². The second-order valence-corrected chi connectivity index (χ2v) is 3.67. The van der Waals surface area contributed by atoms with Crippen LogP contribution in [0.25, 0.3) is 11.0 Å². The normalized spacial score (nSPS) is 10.9. The van der Waals surface area contributed by atoms with Crippen LogP contribution in [-0.2, 0) is 0 Å². The van der Waals surface area contributed by atoms with Crippen LogP contribution in [-0.4, -0.2) is 38.4 Å². The zero-order valence-electron chi connectivity index (χ0n) is 8.57. The molecule has 16 heavy (non-hydrogen) atoms. The number of nitrogens with one attached hydrogen (secondary N) is 2. The Kier molecular flexibility index (Phi) is 3.53. The van der Waals surface area contributed by atoms with E-state index in [1.54, 1.807) is 6.20 Å². The first-order chi connectivity index (χ1) is 7.81. The van der Waals surface area contributed by atoms with Gasteiger partial charge in [-0.2, -0.15) is 15.1 Å².